The quantitative estimate of drug-likeness (QED) is 0.629. The highest BCUT2D eigenvalue weighted by molar-refractivity contribution is 5.80. The molecule has 0 amide bonds. The summed E-state index contributed by atoms with van der Waals surface area (Å²) in [4.78, 5) is 7.38. The van der Waals surface area contributed by atoms with Crippen LogP contribution in [0.4, 0.5) is 0 Å². The maximum Gasteiger partial charge on any atom is 0.193 e. The van der Waals surface area contributed by atoms with E-state index in [1.54, 1.807) is 0 Å². The molecular weight excluding hydrogens is 334 g/mol. The summed E-state index contributed by atoms with van der Waals surface area (Å²) in [5, 5.41) is 7.78. The van der Waals surface area contributed by atoms with Gasteiger partial charge in [0.15, 0.2) is 5.96 Å². The van der Waals surface area contributed by atoms with Crippen LogP contribution in [0.3, 0.4) is 0 Å². The Hall–Kier alpha value is -2.30. The zero-order chi connectivity index (χ0) is 19.2. The Balaban J connectivity index is 1.59. The number of hydrogen-bond donors (Lipinski definition) is 1. The number of aromatic nitrogens is 2. The van der Waals surface area contributed by atoms with Crippen LogP contribution in [-0.4, -0.2) is 46.8 Å². The Kier molecular flexibility index (Phi) is 6.54. The first-order chi connectivity index (χ1) is 13.0. The number of hydrogen-bond acceptors (Lipinski definition) is 2. The maximum atomic E-state index is 4.95. The third kappa shape index (κ3) is 5.34. The minimum atomic E-state index is 0.424. The van der Waals surface area contributed by atoms with Crippen LogP contribution in [0.2, 0.25) is 0 Å². The fraction of sp³-hybridized carbons (Fsp3) is 0.545. The Labute approximate surface area is 163 Å². The van der Waals surface area contributed by atoms with Gasteiger partial charge in [0.25, 0.3) is 0 Å². The Morgan fingerprint density at radius 1 is 1.33 bits per heavy atom. The van der Waals surface area contributed by atoms with Gasteiger partial charge in [-0.2, -0.15) is 5.10 Å². The molecule has 27 heavy (non-hydrogen) atoms. The van der Waals surface area contributed by atoms with Gasteiger partial charge in [-0.05, 0) is 43.7 Å². The van der Waals surface area contributed by atoms with Crippen molar-refractivity contribution in [3.05, 3.63) is 53.3 Å². The molecular formula is C22H33N5. The first-order valence-corrected chi connectivity index (χ1v) is 10.1. The third-order valence-electron chi connectivity index (χ3n) is 5.36. The van der Waals surface area contributed by atoms with E-state index in [-0.39, 0.29) is 0 Å². The Morgan fingerprint density at radius 3 is 2.78 bits per heavy atom. The van der Waals surface area contributed by atoms with Crippen LogP contribution in [0.15, 0.2) is 41.7 Å². The first kappa shape index (κ1) is 19.5. The summed E-state index contributed by atoms with van der Waals surface area (Å²) in [6, 6.07) is 8.82. The van der Waals surface area contributed by atoms with E-state index in [0.29, 0.717) is 11.8 Å². The van der Waals surface area contributed by atoms with Crippen LogP contribution in [0.25, 0.3) is 0 Å². The van der Waals surface area contributed by atoms with E-state index < -0.39 is 0 Å². The van der Waals surface area contributed by atoms with Crippen LogP contribution < -0.4 is 5.32 Å². The molecule has 2 aromatic rings. The lowest BCUT2D eigenvalue weighted by Crippen LogP contribution is -2.40. The largest absolute Gasteiger partial charge is 0.357 e. The zero-order valence-electron chi connectivity index (χ0n) is 17.2. The monoisotopic (exact) mass is 367 g/mol. The van der Waals surface area contributed by atoms with Crippen molar-refractivity contribution >= 4 is 5.96 Å². The lowest BCUT2D eigenvalue weighted by atomic mass is 10.0. The van der Waals surface area contributed by atoms with Gasteiger partial charge < -0.3 is 10.2 Å². The van der Waals surface area contributed by atoms with E-state index in [9.17, 15) is 0 Å². The van der Waals surface area contributed by atoms with Gasteiger partial charge in [-0.15, -0.1) is 0 Å². The van der Waals surface area contributed by atoms with E-state index in [1.165, 1.54) is 23.1 Å². The highest BCUT2D eigenvalue weighted by Gasteiger charge is 2.25. The van der Waals surface area contributed by atoms with Crippen LogP contribution >= 0.6 is 0 Å². The zero-order valence-corrected chi connectivity index (χ0v) is 17.2. The van der Waals surface area contributed by atoms with Crippen molar-refractivity contribution in [2.75, 3.05) is 26.2 Å². The second-order valence-corrected chi connectivity index (χ2v) is 7.83. The van der Waals surface area contributed by atoms with E-state index in [1.807, 2.05) is 17.9 Å². The van der Waals surface area contributed by atoms with Crippen LogP contribution in [0.1, 0.15) is 42.9 Å². The summed E-state index contributed by atoms with van der Waals surface area (Å²) < 4.78 is 1.89. The molecule has 1 aromatic heterocycles. The first-order valence-electron chi connectivity index (χ1n) is 10.1. The van der Waals surface area contributed by atoms with Crippen molar-refractivity contribution in [3.63, 3.8) is 0 Å². The van der Waals surface area contributed by atoms with Crippen LogP contribution in [-0.2, 0) is 13.5 Å². The summed E-state index contributed by atoms with van der Waals surface area (Å²) >= 11 is 0. The van der Waals surface area contributed by atoms with Gasteiger partial charge in [0.2, 0.25) is 0 Å². The standard InChI is InChI=1S/C22H33N5/c1-5-23-22(24-13-18(3)21-8-6-17(2)7-9-21)27-11-10-19(16-27)12-20-14-25-26(4)15-20/h6-9,14-15,18-19H,5,10-13,16H2,1-4H3,(H,23,24). The van der Waals surface area contributed by atoms with Crippen molar-refractivity contribution in [2.45, 2.75) is 39.5 Å². The number of rotatable bonds is 6. The average Bonchev–Trinajstić information content (AvgIpc) is 3.28. The highest BCUT2D eigenvalue weighted by Crippen LogP contribution is 2.21. The molecule has 1 fully saturated rings. The number of likely N-dealkylation sites (tertiary alicyclic amines) is 1. The molecule has 2 unspecified atom stereocenters. The van der Waals surface area contributed by atoms with E-state index >= 15 is 0 Å². The van der Waals surface area contributed by atoms with Gasteiger partial charge in [-0.25, -0.2) is 0 Å². The molecule has 1 saturated heterocycles. The lowest BCUT2D eigenvalue weighted by molar-refractivity contribution is 0.459. The Bertz CT molecular complexity index is 746. The summed E-state index contributed by atoms with van der Waals surface area (Å²) in [5.74, 6) is 2.16. The molecule has 1 N–H and O–H groups in total. The van der Waals surface area contributed by atoms with Crippen molar-refractivity contribution in [1.82, 2.24) is 20.0 Å². The molecule has 146 valence electrons. The maximum absolute atomic E-state index is 4.95. The van der Waals surface area contributed by atoms with Crippen LogP contribution in [0, 0.1) is 12.8 Å². The topological polar surface area (TPSA) is 45.5 Å². The second-order valence-electron chi connectivity index (χ2n) is 7.83. The molecule has 2 atom stereocenters. The van der Waals surface area contributed by atoms with E-state index in [0.717, 1.165) is 38.6 Å². The van der Waals surface area contributed by atoms with Gasteiger partial charge in [0.1, 0.15) is 0 Å². The number of nitrogens with zero attached hydrogens (tertiary/aromatic N) is 4. The number of guanidine groups is 1. The highest BCUT2D eigenvalue weighted by atomic mass is 15.3. The Morgan fingerprint density at radius 2 is 2.11 bits per heavy atom. The second kappa shape index (κ2) is 9.07. The fourth-order valence-corrected chi connectivity index (χ4v) is 3.75. The van der Waals surface area contributed by atoms with Crippen molar-refractivity contribution in [3.8, 4) is 0 Å². The summed E-state index contributed by atoms with van der Waals surface area (Å²) in [6.45, 7) is 10.4. The van der Waals surface area contributed by atoms with Gasteiger partial charge in [-0.1, -0.05) is 36.8 Å². The van der Waals surface area contributed by atoms with Crippen molar-refractivity contribution in [2.24, 2.45) is 18.0 Å². The predicted molar refractivity (Wildman–Crippen MR) is 112 cm³/mol. The third-order valence-corrected chi connectivity index (χ3v) is 5.36. The minimum Gasteiger partial charge on any atom is -0.357 e. The molecule has 5 nitrogen and oxygen atoms in total. The molecule has 1 aliphatic heterocycles. The summed E-state index contributed by atoms with van der Waals surface area (Å²) in [6.07, 6.45) is 6.44. The summed E-state index contributed by atoms with van der Waals surface area (Å²) in [7, 11) is 1.98. The van der Waals surface area contributed by atoms with Crippen molar-refractivity contribution in [1.29, 1.82) is 0 Å². The molecule has 0 saturated carbocycles. The van der Waals surface area contributed by atoms with Gasteiger partial charge in [0, 0.05) is 45.3 Å². The minimum absolute atomic E-state index is 0.424. The SMILES string of the molecule is CCNC(=NCC(C)c1ccc(C)cc1)N1CCC(Cc2cnn(C)c2)C1. The predicted octanol–water partition coefficient (Wildman–Crippen LogP) is 3.36. The molecule has 5 heteroatoms. The lowest BCUT2D eigenvalue weighted by Gasteiger charge is -2.22. The number of aryl methyl sites for hydroxylation is 2. The molecule has 0 radical (unpaired) electrons. The molecule has 1 aromatic carbocycles. The summed E-state index contributed by atoms with van der Waals surface area (Å²) in [5.41, 5.74) is 4.00. The molecule has 1 aliphatic rings. The average molecular weight is 368 g/mol. The fourth-order valence-electron chi connectivity index (χ4n) is 3.75. The molecule has 2 heterocycles. The van der Waals surface area contributed by atoms with Gasteiger partial charge >= 0.3 is 0 Å². The molecule has 0 aliphatic carbocycles. The van der Waals surface area contributed by atoms with E-state index in [4.69, 9.17) is 4.99 Å². The van der Waals surface area contributed by atoms with E-state index in [2.05, 4.69) is 66.5 Å². The van der Waals surface area contributed by atoms with Gasteiger partial charge in [-0.3, -0.25) is 9.67 Å². The van der Waals surface area contributed by atoms with Crippen LogP contribution in [0.5, 0.6) is 0 Å². The van der Waals surface area contributed by atoms with Crippen molar-refractivity contribution < 1.29 is 0 Å². The normalized spacial score (nSPS) is 18.7. The number of nitrogens with one attached hydrogen (secondary N) is 1. The number of aliphatic imine (C=N–C) groups is 1. The molecule has 3 rings (SSSR count). The molecule has 0 bridgehead atoms. The molecule has 0 spiro atoms. The smallest absolute Gasteiger partial charge is 0.193 e. The number of benzene rings is 1. The van der Waals surface area contributed by atoms with Gasteiger partial charge in [0.05, 0.1) is 6.20 Å².